The fourth-order valence-electron chi connectivity index (χ4n) is 2.70. The van der Waals surface area contributed by atoms with Gasteiger partial charge in [-0.25, -0.2) is 4.79 Å². The highest BCUT2D eigenvalue weighted by molar-refractivity contribution is 6.08. The molecule has 0 aromatic heterocycles. The van der Waals surface area contributed by atoms with Crippen LogP contribution in [0.25, 0.3) is 0 Å². The van der Waals surface area contributed by atoms with Crippen LogP contribution in [0.2, 0.25) is 0 Å². The number of hydrogen-bond acceptors (Lipinski definition) is 5. The van der Waals surface area contributed by atoms with Crippen molar-refractivity contribution >= 4 is 23.8 Å². The van der Waals surface area contributed by atoms with E-state index in [2.05, 4.69) is 10.6 Å². The fourth-order valence-corrected chi connectivity index (χ4v) is 2.70. The highest BCUT2D eigenvalue weighted by Gasteiger charge is 2.49. The summed E-state index contributed by atoms with van der Waals surface area (Å²) in [4.78, 5) is 49.2. The summed E-state index contributed by atoms with van der Waals surface area (Å²) >= 11 is 0. The maximum atomic E-state index is 12.7. The summed E-state index contributed by atoms with van der Waals surface area (Å²) in [6.45, 7) is 5.02. The second-order valence-electron chi connectivity index (χ2n) is 6.68. The number of nitrogens with one attached hydrogen (secondary N) is 2. The van der Waals surface area contributed by atoms with Crippen molar-refractivity contribution < 1.29 is 23.9 Å². The van der Waals surface area contributed by atoms with Gasteiger partial charge in [-0.2, -0.15) is 0 Å². The molecule has 146 valence electrons. The molecule has 1 saturated heterocycles. The molecule has 0 aliphatic carbocycles. The molecule has 0 radical (unpaired) electrons. The predicted molar refractivity (Wildman–Crippen MR) is 97.7 cm³/mol. The van der Waals surface area contributed by atoms with E-state index in [1.54, 1.807) is 19.1 Å². The van der Waals surface area contributed by atoms with Gasteiger partial charge in [-0.05, 0) is 25.8 Å². The van der Waals surface area contributed by atoms with Crippen LogP contribution in [0.5, 0.6) is 0 Å². The van der Waals surface area contributed by atoms with Crippen LogP contribution in [0.15, 0.2) is 24.3 Å². The van der Waals surface area contributed by atoms with Crippen LogP contribution in [-0.4, -0.2) is 48.4 Å². The molecule has 1 aliphatic rings. The number of unbranched alkanes of at least 4 members (excludes halogenated alkanes) is 1. The monoisotopic (exact) mass is 375 g/mol. The first-order valence-corrected chi connectivity index (χ1v) is 8.91. The molecule has 4 amide bonds. The molecule has 27 heavy (non-hydrogen) atoms. The van der Waals surface area contributed by atoms with Gasteiger partial charge in [-0.15, -0.1) is 0 Å². The molecule has 8 heteroatoms. The maximum absolute atomic E-state index is 12.7. The van der Waals surface area contributed by atoms with Gasteiger partial charge in [0.1, 0.15) is 12.1 Å². The Kier molecular flexibility index (Phi) is 6.55. The zero-order chi connectivity index (χ0) is 20.0. The highest BCUT2D eigenvalue weighted by atomic mass is 16.5. The van der Waals surface area contributed by atoms with Crippen molar-refractivity contribution in [2.24, 2.45) is 0 Å². The summed E-state index contributed by atoms with van der Waals surface area (Å²) in [5, 5.41) is 5.23. The number of esters is 1. The van der Waals surface area contributed by atoms with Crippen LogP contribution in [0.4, 0.5) is 4.79 Å². The lowest BCUT2D eigenvalue weighted by Crippen LogP contribution is -2.42. The third-order valence-corrected chi connectivity index (χ3v) is 4.41. The van der Waals surface area contributed by atoms with Gasteiger partial charge in [0.15, 0.2) is 6.61 Å². The summed E-state index contributed by atoms with van der Waals surface area (Å²) < 4.78 is 4.86. The minimum Gasteiger partial charge on any atom is -0.454 e. The van der Waals surface area contributed by atoms with Gasteiger partial charge >= 0.3 is 12.0 Å². The predicted octanol–water partition coefficient (Wildman–Crippen LogP) is 1.22. The van der Waals surface area contributed by atoms with Crippen molar-refractivity contribution in [1.82, 2.24) is 15.5 Å². The van der Waals surface area contributed by atoms with E-state index >= 15 is 0 Å². The smallest absolute Gasteiger partial charge is 0.326 e. The standard InChI is InChI=1S/C19H25N3O5/c1-4-5-10-20-15(23)12-27-16(24)11-22-17(25)19(3,21-18(22)26)14-8-6-13(2)7-9-14/h6-9H,4-5,10-12H2,1-3H3,(H,20,23)(H,21,26)/t19-/m0/s1. The molecule has 0 unspecified atom stereocenters. The van der Waals surface area contributed by atoms with Crippen molar-refractivity contribution in [3.63, 3.8) is 0 Å². The Labute approximate surface area is 158 Å². The van der Waals surface area contributed by atoms with Gasteiger partial charge in [-0.3, -0.25) is 19.3 Å². The molecule has 0 bridgehead atoms. The molecular weight excluding hydrogens is 350 g/mol. The van der Waals surface area contributed by atoms with E-state index in [0.717, 1.165) is 23.3 Å². The average molecular weight is 375 g/mol. The average Bonchev–Trinajstić information content (AvgIpc) is 2.85. The van der Waals surface area contributed by atoms with Crippen LogP contribution < -0.4 is 10.6 Å². The number of rotatable bonds is 8. The van der Waals surface area contributed by atoms with Crippen LogP contribution in [0.3, 0.4) is 0 Å². The Hall–Kier alpha value is -2.90. The molecule has 0 spiro atoms. The number of carbonyl (C=O) groups is 4. The summed E-state index contributed by atoms with van der Waals surface area (Å²) in [6, 6.07) is 6.53. The van der Waals surface area contributed by atoms with Gasteiger partial charge in [0.25, 0.3) is 11.8 Å². The minimum atomic E-state index is -1.25. The molecule has 2 N–H and O–H groups in total. The van der Waals surface area contributed by atoms with E-state index in [0.29, 0.717) is 12.1 Å². The topological polar surface area (TPSA) is 105 Å². The maximum Gasteiger partial charge on any atom is 0.326 e. The second-order valence-corrected chi connectivity index (χ2v) is 6.68. The van der Waals surface area contributed by atoms with E-state index in [1.807, 2.05) is 26.0 Å². The lowest BCUT2D eigenvalue weighted by Gasteiger charge is -2.22. The zero-order valence-electron chi connectivity index (χ0n) is 15.8. The Bertz CT molecular complexity index is 731. The molecule has 1 fully saturated rings. The van der Waals surface area contributed by atoms with Gasteiger partial charge in [0, 0.05) is 6.54 Å². The molecule has 1 aliphatic heterocycles. The number of urea groups is 1. The Balaban J connectivity index is 1.94. The first kappa shape index (κ1) is 20.4. The SMILES string of the molecule is CCCCNC(=O)COC(=O)CN1C(=O)N[C@@](C)(c2ccc(C)cc2)C1=O. The second kappa shape index (κ2) is 8.66. The van der Waals surface area contributed by atoms with Crippen LogP contribution in [0, 0.1) is 6.92 Å². The number of ether oxygens (including phenoxy) is 1. The Morgan fingerprint density at radius 2 is 1.89 bits per heavy atom. The fraction of sp³-hybridized carbons (Fsp3) is 0.474. The minimum absolute atomic E-state index is 0.418. The first-order valence-electron chi connectivity index (χ1n) is 8.91. The lowest BCUT2D eigenvalue weighted by atomic mass is 9.91. The van der Waals surface area contributed by atoms with Gasteiger partial charge in [0.05, 0.1) is 0 Å². The number of aryl methyl sites for hydroxylation is 1. The van der Waals surface area contributed by atoms with Gasteiger partial charge in [-0.1, -0.05) is 43.2 Å². The van der Waals surface area contributed by atoms with Crippen molar-refractivity contribution in [1.29, 1.82) is 0 Å². The molecule has 2 rings (SSSR count). The highest BCUT2D eigenvalue weighted by Crippen LogP contribution is 2.28. The van der Waals surface area contributed by atoms with Gasteiger partial charge < -0.3 is 15.4 Å². The molecule has 1 aromatic rings. The molecule has 0 saturated carbocycles. The lowest BCUT2D eigenvalue weighted by molar-refractivity contribution is -0.151. The largest absolute Gasteiger partial charge is 0.454 e. The number of nitrogens with zero attached hydrogens (tertiary/aromatic N) is 1. The first-order chi connectivity index (χ1) is 12.8. The third-order valence-electron chi connectivity index (χ3n) is 4.41. The quantitative estimate of drug-likeness (QED) is 0.404. The van der Waals surface area contributed by atoms with Crippen molar-refractivity contribution in [3.05, 3.63) is 35.4 Å². The van der Waals surface area contributed by atoms with Crippen molar-refractivity contribution in [3.8, 4) is 0 Å². The van der Waals surface area contributed by atoms with E-state index < -0.39 is 42.5 Å². The molecule has 1 heterocycles. The molecule has 1 aromatic carbocycles. The number of imide groups is 1. The summed E-state index contributed by atoms with van der Waals surface area (Å²) in [6.07, 6.45) is 1.77. The number of hydrogen-bond donors (Lipinski definition) is 2. The Morgan fingerprint density at radius 3 is 2.52 bits per heavy atom. The van der Waals surface area contributed by atoms with E-state index in [1.165, 1.54) is 0 Å². The number of benzene rings is 1. The number of carbonyl (C=O) groups excluding carboxylic acids is 4. The summed E-state index contributed by atoms with van der Waals surface area (Å²) in [7, 11) is 0. The molecule has 1 atom stereocenters. The van der Waals surface area contributed by atoms with E-state index in [-0.39, 0.29) is 0 Å². The third kappa shape index (κ3) is 4.84. The molecular formula is C19H25N3O5. The van der Waals surface area contributed by atoms with E-state index in [4.69, 9.17) is 4.74 Å². The van der Waals surface area contributed by atoms with Crippen LogP contribution in [-0.2, 0) is 24.7 Å². The number of amides is 4. The van der Waals surface area contributed by atoms with Gasteiger partial charge in [0.2, 0.25) is 0 Å². The normalized spacial score (nSPS) is 19.0. The summed E-state index contributed by atoms with van der Waals surface area (Å²) in [5.74, 6) is -1.78. The molecule has 8 nitrogen and oxygen atoms in total. The van der Waals surface area contributed by atoms with E-state index in [9.17, 15) is 19.2 Å². The van der Waals surface area contributed by atoms with Crippen molar-refractivity contribution in [2.75, 3.05) is 19.7 Å². The Morgan fingerprint density at radius 1 is 1.22 bits per heavy atom. The summed E-state index contributed by atoms with van der Waals surface area (Å²) in [5.41, 5.74) is 0.400. The van der Waals surface area contributed by atoms with Crippen LogP contribution >= 0.6 is 0 Å². The van der Waals surface area contributed by atoms with Crippen molar-refractivity contribution in [2.45, 2.75) is 39.2 Å². The zero-order valence-corrected chi connectivity index (χ0v) is 15.8. The van der Waals surface area contributed by atoms with Crippen LogP contribution in [0.1, 0.15) is 37.8 Å².